The molecule has 0 bridgehead atoms. The van der Waals surface area contributed by atoms with Gasteiger partial charge in [-0.3, -0.25) is 0 Å². The van der Waals surface area contributed by atoms with Gasteiger partial charge in [-0.05, 0) is 30.9 Å². The van der Waals surface area contributed by atoms with E-state index < -0.39 is 0 Å². The lowest BCUT2D eigenvalue weighted by atomic mass is 9.61. The molecule has 2 aliphatic carbocycles. The van der Waals surface area contributed by atoms with Crippen molar-refractivity contribution in [1.82, 2.24) is 0 Å². The third-order valence-corrected chi connectivity index (χ3v) is 5.96. The first-order chi connectivity index (χ1) is 9.76. The fraction of sp³-hybridized carbons (Fsp3) is 0.667. The highest BCUT2D eigenvalue weighted by molar-refractivity contribution is 6.21. The lowest BCUT2D eigenvalue weighted by Gasteiger charge is -2.53. The maximum Gasteiger partial charge on any atom is 0.122 e. The van der Waals surface area contributed by atoms with Crippen molar-refractivity contribution in [3.63, 3.8) is 0 Å². The van der Waals surface area contributed by atoms with Crippen molar-refractivity contribution in [2.24, 2.45) is 5.41 Å². The SMILES string of the molecule is CCc1ccccc1OC1CC(Cl)C12CCCCCC2. The van der Waals surface area contributed by atoms with E-state index in [1.54, 1.807) is 0 Å². The Morgan fingerprint density at radius 1 is 1.15 bits per heavy atom. The molecule has 3 rings (SSSR count). The Morgan fingerprint density at radius 3 is 2.50 bits per heavy atom. The number of rotatable bonds is 3. The molecular formula is C18H25ClO. The zero-order chi connectivity index (χ0) is 14.0. The van der Waals surface area contributed by atoms with Crippen LogP contribution in [0.25, 0.3) is 0 Å². The maximum atomic E-state index is 6.61. The van der Waals surface area contributed by atoms with Crippen LogP contribution in [-0.4, -0.2) is 11.5 Å². The summed E-state index contributed by atoms with van der Waals surface area (Å²) in [6.45, 7) is 2.19. The van der Waals surface area contributed by atoms with Gasteiger partial charge < -0.3 is 4.74 Å². The zero-order valence-corrected chi connectivity index (χ0v) is 13.2. The quantitative estimate of drug-likeness (QED) is 0.683. The Bertz CT molecular complexity index is 448. The molecule has 110 valence electrons. The van der Waals surface area contributed by atoms with Gasteiger partial charge in [-0.15, -0.1) is 11.6 Å². The fourth-order valence-electron chi connectivity index (χ4n) is 3.95. The van der Waals surface area contributed by atoms with E-state index in [0.717, 1.165) is 18.6 Å². The van der Waals surface area contributed by atoms with E-state index in [2.05, 4.69) is 31.2 Å². The van der Waals surface area contributed by atoms with Gasteiger partial charge in [-0.25, -0.2) is 0 Å². The van der Waals surface area contributed by atoms with Crippen LogP contribution >= 0.6 is 11.6 Å². The minimum absolute atomic E-state index is 0.249. The third-order valence-electron chi connectivity index (χ3n) is 5.34. The van der Waals surface area contributed by atoms with Crippen molar-refractivity contribution in [2.75, 3.05) is 0 Å². The second-order valence-corrected chi connectivity index (χ2v) is 6.95. The lowest BCUT2D eigenvalue weighted by molar-refractivity contribution is -0.0516. The number of para-hydroxylation sites is 1. The van der Waals surface area contributed by atoms with Gasteiger partial charge >= 0.3 is 0 Å². The van der Waals surface area contributed by atoms with Gasteiger partial charge in [0.1, 0.15) is 11.9 Å². The molecule has 1 nitrogen and oxygen atoms in total. The number of alkyl halides is 1. The molecule has 1 aromatic rings. The number of benzene rings is 1. The second kappa shape index (κ2) is 5.97. The van der Waals surface area contributed by atoms with E-state index in [1.165, 1.54) is 44.1 Å². The first-order valence-corrected chi connectivity index (χ1v) is 8.58. The van der Waals surface area contributed by atoms with E-state index in [0.29, 0.717) is 11.5 Å². The molecule has 2 aliphatic rings. The summed E-state index contributed by atoms with van der Waals surface area (Å²) in [6.07, 6.45) is 10.2. The highest BCUT2D eigenvalue weighted by Gasteiger charge is 2.55. The maximum absolute atomic E-state index is 6.61. The van der Waals surface area contributed by atoms with Crippen molar-refractivity contribution in [3.8, 4) is 5.75 Å². The van der Waals surface area contributed by atoms with Crippen LogP contribution < -0.4 is 4.74 Å². The van der Waals surface area contributed by atoms with Crippen LogP contribution in [0.3, 0.4) is 0 Å². The van der Waals surface area contributed by atoms with Crippen molar-refractivity contribution < 1.29 is 4.74 Å². The van der Waals surface area contributed by atoms with Crippen LogP contribution in [0, 0.1) is 5.41 Å². The molecule has 20 heavy (non-hydrogen) atoms. The molecule has 0 heterocycles. The topological polar surface area (TPSA) is 9.23 Å². The highest BCUT2D eigenvalue weighted by Crippen LogP contribution is 2.55. The number of hydrogen-bond acceptors (Lipinski definition) is 1. The van der Waals surface area contributed by atoms with E-state index in [1.807, 2.05) is 0 Å². The molecule has 0 aliphatic heterocycles. The molecule has 0 radical (unpaired) electrons. The van der Waals surface area contributed by atoms with Crippen LogP contribution in [-0.2, 0) is 6.42 Å². The molecular weight excluding hydrogens is 268 g/mol. The Morgan fingerprint density at radius 2 is 1.85 bits per heavy atom. The molecule has 1 aromatic carbocycles. The number of aryl methyl sites for hydroxylation is 1. The average molecular weight is 293 g/mol. The molecule has 0 saturated heterocycles. The second-order valence-electron chi connectivity index (χ2n) is 6.42. The van der Waals surface area contributed by atoms with Crippen molar-refractivity contribution >= 4 is 11.6 Å². The number of ether oxygens (including phenoxy) is 1. The zero-order valence-electron chi connectivity index (χ0n) is 12.4. The summed E-state index contributed by atoms with van der Waals surface area (Å²) in [5, 5.41) is 0.319. The Hall–Kier alpha value is -0.690. The van der Waals surface area contributed by atoms with Gasteiger partial charge in [-0.2, -0.15) is 0 Å². The van der Waals surface area contributed by atoms with Crippen LogP contribution in [0.1, 0.15) is 57.4 Å². The first kappa shape index (κ1) is 14.3. The molecule has 2 fully saturated rings. The van der Waals surface area contributed by atoms with E-state index in [9.17, 15) is 0 Å². The summed E-state index contributed by atoms with van der Waals surface area (Å²) in [4.78, 5) is 0. The number of hydrogen-bond donors (Lipinski definition) is 0. The lowest BCUT2D eigenvalue weighted by Crippen LogP contribution is -2.57. The molecule has 2 unspecified atom stereocenters. The summed E-state index contributed by atoms with van der Waals surface area (Å²) >= 11 is 6.61. The van der Waals surface area contributed by atoms with Gasteiger partial charge in [0.15, 0.2) is 0 Å². The Balaban J connectivity index is 1.77. The van der Waals surface area contributed by atoms with E-state index in [-0.39, 0.29) is 5.41 Å². The Labute approximate surface area is 127 Å². The minimum atomic E-state index is 0.249. The van der Waals surface area contributed by atoms with Crippen molar-refractivity contribution in [2.45, 2.75) is 69.8 Å². The largest absolute Gasteiger partial charge is 0.489 e. The Kier molecular flexibility index (Phi) is 4.26. The molecule has 1 spiro atoms. The third kappa shape index (κ3) is 2.45. The number of halogens is 1. The molecule has 0 aromatic heterocycles. The monoisotopic (exact) mass is 292 g/mol. The van der Waals surface area contributed by atoms with Gasteiger partial charge in [0.05, 0.1) is 0 Å². The van der Waals surface area contributed by atoms with Gasteiger partial charge in [0, 0.05) is 17.2 Å². The average Bonchev–Trinajstić information content (AvgIpc) is 2.75. The van der Waals surface area contributed by atoms with E-state index >= 15 is 0 Å². The van der Waals surface area contributed by atoms with Crippen LogP contribution in [0.4, 0.5) is 0 Å². The fourth-order valence-corrected chi connectivity index (χ4v) is 4.47. The standard InChI is InChI=1S/C18H25ClO/c1-2-14-9-5-6-10-15(14)20-17-13-16(19)18(17)11-7-3-4-8-12-18/h5-6,9-10,16-17H,2-4,7-8,11-13H2,1H3. The molecule has 0 amide bonds. The van der Waals surface area contributed by atoms with E-state index in [4.69, 9.17) is 16.3 Å². The molecule has 2 saturated carbocycles. The predicted octanol–water partition coefficient (Wildman–Crippen LogP) is 5.35. The first-order valence-electron chi connectivity index (χ1n) is 8.15. The van der Waals surface area contributed by atoms with Crippen LogP contribution in [0.15, 0.2) is 24.3 Å². The summed E-state index contributed by atoms with van der Waals surface area (Å²) in [5.74, 6) is 1.08. The molecule has 2 heteroatoms. The van der Waals surface area contributed by atoms with Crippen LogP contribution in [0.5, 0.6) is 5.75 Å². The highest BCUT2D eigenvalue weighted by atomic mass is 35.5. The minimum Gasteiger partial charge on any atom is -0.489 e. The van der Waals surface area contributed by atoms with Crippen molar-refractivity contribution in [1.29, 1.82) is 0 Å². The predicted molar refractivity (Wildman–Crippen MR) is 84.6 cm³/mol. The molecule has 2 atom stereocenters. The van der Waals surface area contributed by atoms with Crippen molar-refractivity contribution in [3.05, 3.63) is 29.8 Å². The van der Waals surface area contributed by atoms with Gasteiger partial charge in [0.25, 0.3) is 0 Å². The normalized spacial score (nSPS) is 28.7. The van der Waals surface area contributed by atoms with Gasteiger partial charge in [0.2, 0.25) is 0 Å². The summed E-state index contributed by atoms with van der Waals surface area (Å²) < 4.78 is 6.41. The summed E-state index contributed by atoms with van der Waals surface area (Å²) in [5.41, 5.74) is 1.56. The summed E-state index contributed by atoms with van der Waals surface area (Å²) in [7, 11) is 0. The van der Waals surface area contributed by atoms with Crippen LogP contribution in [0.2, 0.25) is 0 Å². The summed E-state index contributed by atoms with van der Waals surface area (Å²) in [6, 6.07) is 8.46. The molecule has 0 N–H and O–H groups in total. The smallest absolute Gasteiger partial charge is 0.122 e. The van der Waals surface area contributed by atoms with Gasteiger partial charge in [-0.1, -0.05) is 50.8 Å².